The molecule has 0 fully saturated rings. The molecule has 5 nitrogen and oxygen atoms in total. The van der Waals surface area contributed by atoms with E-state index in [0.29, 0.717) is 5.56 Å². The highest BCUT2D eigenvalue weighted by Crippen LogP contribution is 2.12. The minimum absolute atomic E-state index is 0.0199. The van der Waals surface area contributed by atoms with Crippen molar-refractivity contribution in [3.05, 3.63) is 29.8 Å². The number of hydrogen-bond donors (Lipinski definition) is 2. The highest BCUT2D eigenvalue weighted by atomic mass is 16.5. The summed E-state index contributed by atoms with van der Waals surface area (Å²) in [5.41, 5.74) is 0.384. The summed E-state index contributed by atoms with van der Waals surface area (Å²) in [5.74, 6) is -0.756. The Bertz CT molecular complexity index is 441. The molecular formula is C14H19NO4. The molecule has 104 valence electrons. The third-order valence-electron chi connectivity index (χ3n) is 3.08. The van der Waals surface area contributed by atoms with E-state index in [1.54, 1.807) is 0 Å². The Balaban J connectivity index is 2.81. The number of carbonyl (C=O) groups is 2. The lowest BCUT2D eigenvalue weighted by Crippen LogP contribution is -2.45. The molecule has 2 N–H and O–H groups in total. The zero-order chi connectivity index (χ0) is 14.4. The summed E-state index contributed by atoms with van der Waals surface area (Å²) >= 11 is 0. The van der Waals surface area contributed by atoms with Crippen LogP contribution in [-0.2, 0) is 9.53 Å². The number of phenols is 1. The minimum atomic E-state index is -0.670. The number of nitrogens with one attached hydrogen (secondary N) is 1. The van der Waals surface area contributed by atoms with Crippen LogP contribution < -0.4 is 5.32 Å². The second-order valence-corrected chi connectivity index (χ2v) is 4.41. The molecule has 1 aromatic carbocycles. The summed E-state index contributed by atoms with van der Waals surface area (Å²) in [6.45, 7) is 3.81. The van der Waals surface area contributed by atoms with Crippen molar-refractivity contribution in [2.75, 3.05) is 7.11 Å². The molecule has 19 heavy (non-hydrogen) atoms. The number of rotatable bonds is 5. The fraction of sp³-hybridized carbons (Fsp3) is 0.429. The maximum absolute atomic E-state index is 12.0. The van der Waals surface area contributed by atoms with E-state index in [4.69, 9.17) is 9.84 Å². The van der Waals surface area contributed by atoms with Crippen LogP contribution in [-0.4, -0.2) is 30.1 Å². The molecule has 0 radical (unpaired) electrons. The maximum Gasteiger partial charge on any atom is 0.328 e. The fourth-order valence-electron chi connectivity index (χ4n) is 1.63. The van der Waals surface area contributed by atoms with Gasteiger partial charge in [0, 0.05) is 5.56 Å². The molecule has 0 heterocycles. The van der Waals surface area contributed by atoms with E-state index in [1.807, 2.05) is 13.8 Å². The number of hydrogen-bond acceptors (Lipinski definition) is 4. The van der Waals surface area contributed by atoms with Gasteiger partial charge in [0.1, 0.15) is 11.8 Å². The van der Waals surface area contributed by atoms with Gasteiger partial charge in [0.15, 0.2) is 0 Å². The van der Waals surface area contributed by atoms with Gasteiger partial charge in [0.2, 0.25) is 0 Å². The number of ether oxygens (including phenoxy) is 1. The van der Waals surface area contributed by atoms with E-state index in [0.717, 1.165) is 6.42 Å². The van der Waals surface area contributed by atoms with Crippen LogP contribution in [0.5, 0.6) is 5.75 Å². The number of esters is 1. The molecule has 1 amide bonds. The first-order valence-corrected chi connectivity index (χ1v) is 6.17. The molecule has 1 rings (SSSR count). The summed E-state index contributed by atoms with van der Waals surface area (Å²) in [6, 6.07) is 5.17. The molecule has 0 aliphatic heterocycles. The number of carbonyl (C=O) groups excluding carboxylic acids is 2. The minimum Gasteiger partial charge on any atom is -0.508 e. The Hall–Kier alpha value is -2.04. The van der Waals surface area contributed by atoms with Crippen molar-refractivity contribution in [1.82, 2.24) is 5.32 Å². The summed E-state index contributed by atoms with van der Waals surface area (Å²) in [4.78, 5) is 23.7. The molecule has 0 bridgehead atoms. The normalized spacial score (nSPS) is 13.4. The number of methoxy groups -OCH3 is 1. The second-order valence-electron chi connectivity index (χ2n) is 4.41. The van der Waals surface area contributed by atoms with Crippen molar-refractivity contribution in [3.63, 3.8) is 0 Å². The fourth-order valence-corrected chi connectivity index (χ4v) is 1.63. The first kappa shape index (κ1) is 15.0. The van der Waals surface area contributed by atoms with Crippen LogP contribution in [0.3, 0.4) is 0 Å². The van der Waals surface area contributed by atoms with Crippen molar-refractivity contribution in [1.29, 1.82) is 0 Å². The Labute approximate surface area is 112 Å². The smallest absolute Gasteiger partial charge is 0.328 e. The number of benzene rings is 1. The van der Waals surface area contributed by atoms with E-state index in [2.05, 4.69) is 5.32 Å². The van der Waals surface area contributed by atoms with E-state index in [1.165, 1.54) is 31.4 Å². The quantitative estimate of drug-likeness (QED) is 0.795. The average Bonchev–Trinajstić information content (AvgIpc) is 2.43. The van der Waals surface area contributed by atoms with Gasteiger partial charge in [0.05, 0.1) is 7.11 Å². The Morgan fingerprint density at radius 3 is 2.37 bits per heavy atom. The van der Waals surface area contributed by atoms with E-state index < -0.39 is 12.0 Å². The standard InChI is InChI=1S/C14H19NO4/c1-4-9(2)12(14(18)19-3)15-13(17)10-5-7-11(16)8-6-10/h5-9,12,16H,4H2,1-3H3,(H,15,17)/t9-,12-/m0/s1. The zero-order valence-corrected chi connectivity index (χ0v) is 11.3. The van der Waals surface area contributed by atoms with Crippen molar-refractivity contribution in [2.24, 2.45) is 5.92 Å². The van der Waals surface area contributed by atoms with Gasteiger partial charge < -0.3 is 15.2 Å². The Kier molecular flexibility index (Phi) is 5.36. The summed E-state index contributed by atoms with van der Waals surface area (Å²) < 4.78 is 4.70. The monoisotopic (exact) mass is 265 g/mol. The molecule has 0 unspecified atom stereocenters. The number of phenolic OH excluding ortho intramolecular Hbond substituents is 1. The summed E-state index contributed by atoms with van der Waals surface area (Å²) in [5, 5.41) is 11.8. The maximum atomic E-state index is 12.0. The van der Waals surface area contributed by atoms with Crippen LogP contribution in [0.1, 0.15) is 30.6 Å². The van der Waals surface area contributed by atoms with E-state index >= 15 is 0 Å². The molecule has 5 heteroatoms. The molecule has 0 aromatic heterocycles. The molecule has 1 aromatic rings. The third-order valence-corrected chi connectivity index (χ3v) is 3.08. The lowest BCUT2D eigenvalue weighted by Gasteiger charge is -2.21. The molecule has 0 aliphatic rings. The van der Waals surface area contributed by atoms with Crippen molar-refractivity contribution < 1.29 is 19.4 Å². The topological polar surface area (TPSA) is 75.6 Å². The predicted molar refractivity (Wildman–Crippen MR) is 70.8 cm³/mol. The van der Waals surface area contributed by atoms with Crippen molar-refractivity contribution >= 4 is 11.9 Å². The van der Waals surface area contributed by atoms with Crippen LogP contribution in [0.2, 0.25) is 0 Å². The van der Waals surface area contributed by atoms with Crippen LogP contribution in [0.15, 0.2) is 24.3 Å². The van der Waals surface area contributed by atoms with Gasteiger partial charge in [-0.1, -0.05) is 20.3 Å². The molecule has 0 spiro atoms. The van der Waals surface area contributed by atoms with Gasteiger partial charge in [-0.2, -0.15) is 0 Å². The molecule has 2 atom stereocenters. The predicted octanol–water partition coefficient (Wildman–Crippen LogP) is 1.71. The van der Waals surface area contributed by atoms with Gasteiger partial charge in [-0.15, -0.1) is 0 Å². The lowest BCUT2D eigenvalue weighted by molar-refractivity contribution is -0.144. The highest BCUT2D eigenvalue weighted by molar-refractivity contribution is 5.96. The summed E-state index contributed by atoms with van der Waals surface area (Å²) in [6.07, 6.45) is 0.746. The average molecular weight is 265 g/mol. The van der Waals surface area contributed by atoms with Gasteiger partial charge >= 0.3 is 5.97 Å². The molecular weight excluding hydrogens is 246 g/mol. The largest absolute Gasteiger partial charge is 0.508 e. The molecule has 0 saturated carbocycles. The first-order chi connectivity index (χ1) is 8.99. The Morgan fingerprint density at radius 2 is 1.89 bits per heavy atom. The zero-order valence-electron chi connectivity index (χ0n) is 11.3. The van der Waals surface area contributed by atoms with Crippen LogP contribution in [0.4, 0.5) is 0 Å². The molecule has 0 saturated heterocycles. The van der Waals surface area contributed by atoms with E-state index in [-0.39, 0.29) is 17.6 Å². The van der Waals surface area contributed by atoms with Crippen molar-refractivity contribution in [3.8, 4) is 5.75 Å². The second kappa shape index (κ2) is 6.78. The van der Waals surface area contributed by atoms with Crippen LogP contribution in [0, 0.1) is 5.92 Å². The van der Waals surface area contributed by atoms with Crippen molar-refractivity contribution in [2.45, 2.75) is 26.3 Å². The van der Waals surface area contributed by atoms with Gasteiger partial charge in [0.25, 0.3) is 5.91 Å². The molecule has 0 aliphatic carbocycles. The SMILES string of the molecule is CC[C@H](C)[C@H](NC(=O)c1ccc(O)cc1)C(=O)OC. The van der Waals surface area contributed by atoms with Gasteiger partial charge in [-0.05, 0) is 30.2 Å². The van der Waals surface area contributed by atoms with Crippen LogP contribution >= 0.6 is 0 Å². The highest BCUT2D eigenvalue weighted by Gasteiger charge is 2.26. The van der Waals surface area contributed by atoms with Crippen LogP contribution in [0.25, 0.3) is 0 Å². The van der Waals surface area contributed by atoms with E-state index in [9.17, 15) is 9.59 Å². The number of amides is 1. The number of aromatic hydroxyl groups is 1. The summed E-state index contributed by atoms with van der Waals surface area (Å²) in [7, 11) is 1.30. The van der Waals surface area contributed by atoms with Gasteiger partial charge in [-0.25, -0.2) is 4.79 Å². The lowest BCUT2D eigenvalue weighted by atomic mass is 9.99. The Morgan fingerprint density at radius 1 is 1.32 bits per heavy atom. The first-order valence-electron chi connectivity index (χ1n) is 6.17. The van der Waals surface area contributed by atoms with Gasteiger partial charge in [-0.3, -0.25) is 4.79 Å². The third kappa shape index (κ3) is 3.98.